The van der Waals surface area contributed by atoms with Gasteiger partial charge in [0, 0.05) is 25.1 Å². The van der Waals surface area contributed by atoms with E-state index in [9.17, 15) is 28.3 Å². The zero-order valence-electron chi connectivity index (χ0n) is 18.5. The maximum atomic E-state index is 12.6. The van der Waals surface area contributed by atoms with Crippen molar-refractivity contribution in [1.82, 2.24) is 5.32 Å². The van der Waals surface area contributed by atoms with Crippen LogP contribution in [0.4, 0.5) is 13.6 Å². The van der Waals surface area contributed by atoms with E-state index in [0.29, 0.717) is 32.1 Å². The highest BCUT2D eigenvalue weighted by atomic mass is 19.3. The molecule has 32 heavy (non-hydrogen) atoms. The van der Waals surface area contributed by atoms with Crippen molar-refractivity contribution in [3.8, 4) is 5.75 Å². The van der Waals surface area contributed by atoms with E-state index in [2.05, 4.69) is 10.1 Å². The summed E-state index contributed by atoms with van der Waals surface area (Å²) in [5, 5.41) is 12.6. The number of hydrogen-bond donors (Lipinski definition) is 2. The van der Waals surface area contributed by atoms with Crippen LogP contribution in [0, 0.1) is 0 Å². The van der Waals surface area contributed by atoms with Gasteiger partial charge in [-0.3, -0.25) is 10.1 Å². The summed E-state index contributed by atoms with van der Waals surface area (Å²) in [5.41, 5.74) is -0.358. The van der Waals surface area contributed by atoms with Gasteiger partial charge in [-0.05, 0) is 45.1 Å². The number of halogens is 2. The van der Waals surface area contributed by atoms with Crippen LogP contribution in [-0.2, 0) is 11.2 Å². The fraction of sp³-hybridized carbons (Fsp3) is 0.435. The second-order valence-corrected chi connectivity index (χ2v) is 7.17. The third-order valence-electron chi connectivity index (χ3n) is 4.48. The lowest BCUT2D eigenvalue weighted by Gasteiger charge is -2.05. The topological polar surface area (TPSA) is 106 Å². The number of carbonyl (C=O) groups is 2. The van der Waals surface area contributed by atoms with Gasteiger partial charge >= 0.3 is 11.7 Å². The lowest BCUT2D eigenvalue weighted by Crippen LogP contribution is -2.16. The van der Waals surface area contributed by atoms with E-state index in [4.69, 9.17) is 4.42 Å². The predicted octanol–water partition coefficient (Wildman–Crippen LogP) is 5.05. The standard InChI is InChI=1S/C23H29F2NO6/c1-15(8-7-10-19(24)25)11-12-16(2)21(28)20-18(27)14-17(32-22(20)29)9-5-4-6-13-26-23(30)31-3/h6,11-14,19,27H,4-5,7-10H2,1-3H3,(H,26,30)/b13-6+,15-11+,16-12+. The van der Waals surface area contributed by atoms with Gasteiger partial charge in [0.25, 0.3) is 0 Å². The van der Waals surface area contributed by atoms with Gasteiger partial charge in [-0.15, -0.1) is 0 Å². The van der Waals surface area contributed by atoms with Crippen LogP contribution in [0.15, 0.2) is 50.9 Å². The highest BCUT2D eigenvalue weighted by Crippen LogP contribution is 2.20. The Kier molecular flexibility index (Phi) is 11.7. The van der Waals surface area contributed by atoms with Crippen LogP contribution in [0.25, 0.3) is 0 Å². The number of alkyl halides is 2. The number of methoxy groups -OCH3 is 1. The number of allylic oxidation sites excluding steroid dienone is 5. The van der Waals surface area contributed by atoms with Gasteiger partial charge in [0.05, 0.1) is 7.11 Å². The second kappa shape index (κ2) is 14.0. The van der Waals surface area contributed by atoms with Gasteiger partial charge in [-0.1, -0.05) is 23.8 Å². The van der Waals surface area contributed by atoms with Gasteiger partial charge in [0.15, 0.2) is 5.78 Å². The van der Waals surface area contributed by atoms with Crippen LogP contribution < -0.4 is 10.9 Å². The molecule has 2 N–H and O–H groups in total. The minimum Gasteiger partial charge on any atom is -0.507 e. The molecule has 0 saturated heterocycles. The minimum absolute atomic E-state index is 0.186. The summed E-state index contributed by atoms with van der Waals surface area (Å²) < 4.78 is 34.0. The van der Waals surface area contributed by atoms with E-state index >= 15 is 0 Å². The monoisotopic (exact) mass is 453 g/mol. The first kappa shape index (κ1) is 26.8. The fourth-order valence-corrected chi connectivity index (χ4v) is 2.68. The molecule has 1 aromatic rings. The Labute approximate surface area is 185 Å². The predicted molar refractivity (Wildman–Crippen MR) is 116 cm³/mol. The summed E-state index contributed by atoms with van der Waals surface area (Å²) in [4.78, 5) is 35.7. The van der Waals surface area contributed by atoms with Crippen molar-refractivity contribution in [3.05, 3.63) is 63.4 Å². The number of rotatable bonds is 12. The highest BCUT2D eigenvalue weighted by Gasteiger charge is 2.20. The Bertz CT molecular complexity index is 931. The molecule has 0 fully saturated rings. The maximum Gasteiger partial charge on any atom is 0.410 e. The van der Waals surface area contributed by atoms with Crippen LogP contribution in [0.3, 0.4) is 0 Å². The molecule has 0 aromatic carbocycles. The summed E-state index contributed by atoms with van der Waals surface area (Å²) in [6.07, 6.45) is 5.44. The average Bonchev–Trinajstić information content (AvgIpc) is 2.73. The molecule has 1 aromatic heterocycles. The molecule has 0 unspecified atom stereocenters. The molecule has 1 heterocycles. The molecule has 0 aliphatic rings. The van der Waals surface area contributed by atoms with Crippen LogP contribution in [0.2, 0.25) is 0 Å². The first-order valence-corrected chi connectivity index (χ1v) is 10.2. The lowest BCUT2D eigenvalue weighted by atomic mass is 10.0. The van der Waals surface area contributed by atoms with E-state index in [-0.39, 0.29) is 17.8 Å². The minimum atomic E-state index is -2.34. The van der Waals surface area contributed by atoms with Gasteiger partial charge in [0.2, 0.25) is 6.43 Å². The van der Waals surface area contributed by atoms with Crippen molar-refractivity contribution in [2.75, 3.05) is 7.11 Å². The second-order valence-electron chi connectivity index (χ2n) is 7.17. The Hall–Kier alpha value is -3.23. The Morgan fingerprint density at radius 3 is 2.59 bits per heavy atom. The molecule has 0 spiro atoms. The molecule has 176 valence electrons. The smallest absolute Gasteiger partial charge is 0.410 e. The number of unbranched alkanes of at least 4 members (excludes halogenated alkanes) is 1. The maximum absolute atomic E-state index is 12.6. The summed E-state index contributed by atoms with van der Waals surface area (Å²) in [6.45, 7) is 3.26. The largest absolute Gasteiger partial charge is 0.507 e. The number of ketones is 1. The first-order valence-electron chi connectivity index (χ1n) is 10.2. The number of alkyl carbamates (subject to hydrolysis) is 1. The zero-order valence-corrected chi connectivity index (χ0v) is 18.5. The van der Waals surface area contributed by atoms with E-state index in [0.717, 1.165) is 5.57 Å². The fourth-order valence-electron chi connectivity index (χ4n) is 2.68. The SMILES string of the molecule is COC(=O)N/C=C/CCCc1cc(O)c(C(=O)/C(C)=C/C=C(\C)CCCC(F)F)c(=O)o1. The van der Waals surface area contributed by atoms with E-state index in [1.165, 1.54) is 32.4 Å². The quantitative estimate of drug-likeness (QED) is 0.199. The zero-order chi connectivity index (χ0) is 24.1. The molecule has 0 atom stereocenters. The van der Waals surface area contributed by atoms with Crippen molar-refractivity contribution >= 4 is 11.9 Å². The summed E-state index contributed by atoms with van der Waals surface area (Å²) in [7, 11) is 1.25. The average molecular weight is 453 g/mol. The van der Waals surface area contributed by atoms with Crippen LogP contribution in [0.1, 0.15) is 62.1 Å². The van der Waals surface area contributed by atoms with Gasteiger partial charge < -0.3 is 14.3 Å². The number of amides is 1. The molecule has 1 rings (SSSR count). The molecule has 1 amide bonds. The number of Topliss-reactive ketones (excluding diaryl/α,β-unsaturated/α-hetero) is 1. The number of aromatic hydroxyl groups is 1. The van der Waals surface area contributed by atoms with Crippen molar-refractivity contribution in [3.63, 3.8) is 0 Å². The third kappa shape index (κ3) is 9.72. The van der Waals surface area contributed by atoms with Crippen LogP contribution in [0.5, 0.6) is 5.75 Å². The highest BCUT2D eigenvalue weighted by molar-refractivity contribution is 6.09. The Balaban J connectivity index is 2.74. The molecular formula is C23H29F2NO6. The van der Waals surface area contributed by atoms with Crippen LogP contribution in [-0.4, -0.2) is 30.5 Å². The van der Waals surface area contributed by atoms with Gasteiger partial charge in [-0.25, -0.2) is 18.4 Å². The van der Waals surface area contributed by atoms with Crippen molar-refractivity contribution < 1.29 is 32.6 Å². The molecule has 7 nitrogen and oxygen atoms in total. The molecular weight excluding hydrogens is 424 g/mol. The summed E-state index contributed by atoms with van der Waals surface area (Å²) in [6, 6.07) is 1.24. The molecule has 0 radical (unpaired) electrons. The van der Waals surface area contributed by atoms with Gasteiger partial charge in [-0.2, -0.15) is 0 Å². The van der Waals surface area contributed by atoms with E-state index in [1.807, 2.05) is 0 Å². The third-order valence-corrected chi connectivity index (χ3v) is 4.48. The van der Waals surface area contributed by atoms with Crippen molar-refractivity contribution in [1.29, 1.82) is 0 Å². The first-order chi connectivity index (χ1) is 15.1. The summed E-state index contributed by atoms with van der Waals surface area (Å²) in [5.74, 6) is -0.902. The number of carbonyl (C=O) groups excluding carboxylic acids is 2. The van der Waals surface area contributed by atoms with E-state index in [1.54, 1.807) is 19.1 Å². The number of hydrogen-bond acceptors (Lipinski definition) is 6. The molecule has 9 heteroatoms. The Morgan fingerprint density at radius 1 is 1.25 bits per heavy atom. The number of aryl methyl sites for hydroxylation is 1. The number of nitrogens with one attached hydrogen (secondary N) is 1. The molecule has 0 aliphatic carbocycles. The lowest BCUT2D eigenvalue weighted by molar-refractivity contribution is 0.102. The van der Waals surface area contributed by atoms with Gasteiger partial charge in [0.1, 0.15) is 17.1 Å². The van der Waals surface area contributed by atoms with Crippen molar-refractivity contribution in [2.45, 2.75) is 58.8 Å². The normalized spacial score (nSPS) is 12.4. The summed E-state index contributed by atoms with van der Waals surface area (Å²) >= 11 is 0. The molecule has 0 aliphatic heterocycles. The molecule has 0 saturated carbocycles. The van der Waals surface area contributed by atoms with Crippen molar-refractivity contribution in [2.24, 2.45) is 0 Å². The van der Waals surface area contributed by atoms with E-state index < -0.39 is 35.2 Å². The molecule has 0 bridgehead atoms. The Morgan fingerprint density at radius 2 is 1.97 bits per heavy atom. The number of ether oxygens (including phenoxy) is 1. The van der Waals surface area contributed by atoms with Crippen LogP contribution >= 0.6 is 0 Å².